The van der Waals surface area contributed by atoms with Gasteiger partial charge in [-0.2, -0.15) is 5.10 Å². The number of anilines is 1. The van der Waals surface area contributed by atoms with Crippen LogP contribution in [0.3, 0.4) is 0 Å². The van der Waals surface area contributed by atoms with Crippen molar-refractivity contribution in [2.75, 3.05) is 25.1 Å². The molecule has 1 aliphatic heterocycles. The van der Waals surface area contributed by atoms with Crippen LogP contribution < -0.4 is 5.43 Å². The van der Waals surface area contributed by atoms with Gasteiger partial charge in [-0.05, 0) is 19.0 Å². The first kappa shape index (κ1) is 16.8. The average Bonchev–Trinajstić information content (AvgIpc) is 2.54. The molecule has 23 heavy (non-hydrogen) atoms. The van der Waals surface area contributed by atoms with E-state index in [9.17, 15) is 20.2 Å². The molecule has 0 unspecified atom stereocenters. The molecule has 2 rings (SSSR count). The van der Waals surface area contributed by atoms with E-state index in [2.05, 4.69) is 22.4 Å². The summed E-state index contributed by atoms with van der Waals surface area (Å²) in [6.45, 7) is 5.06. The molecule has 0 aromatic heterocycles. The van der Waals surface area contributed by atoms with Crippen molar-refractivity contribution in [2.45, 2.75) is 26.2 Å². The van der Waals surface area contributed by atoms with Crippen LogP contribution in [0, 0.1) is 20.2 Å². The summed E-state index contributed by atoms with van der Waals surface area (Å²) < 4.78 is 0. The van der Waals surface area contributed by atoms with Crippen LogP contribution in [0.25, 0.3) is 0 Å². The molecule has 1 fully saturated rings. The second-order valence-electron chi connectivity index (χ2n) is 5.35. The quantitative estimate of drug-likeness (QED) is 0.636. The summed E-state index contributed by atoms with van der Waals surface area (Å²) in [5, 5.41) is 26.0. The van der Waals surface area contributed by atoms with E-state index in [0.717, 1.165) is 50.7 Å². The van der Waals surface area contributed by atoms with Gasteiger partial charge in [-0.3, -0.25) is 25.7 Å². The Labute approximate surface area is 133 Å². The van der Waals surface area contributed by atoms with Crippen LogP contribution in [0.4, 0.5) is 17.1 Å². The predicted molar refractivity (Wildman–Crippen MR) is 86.8 cm³/mol. The van der Waals surface area contributed by atoms with Gasteiger partial charge < -0.3 is 4.90 Å². The number of nitro groups is 2. The molecule has 0 radical (unpaired) electrons. The van der Waals surface area contributed by atoms with Crippen molar-refractivity contribution in [1.29, 1.82) is 0 Å². The van der Waals surface area contributed by atoms with Gasteiger partial charge in [0.15, 0.2) is 0 Å². The molecule has 0 saturated carbocycles. The van der Waals surface area contributed by atoms with Gasteiger partial charge in [0.25, 0.3) is 5.69 Å². The third kappa shape index (κ3) is 4.46. The molecule has 9 nitrogen and oxygen atoms in total. The standard InChI is InChI=1S/C14H19N5O4/c1-2-7-17-8-5-11(6-9-17)15-16-13-4-3-12(18(20)21)10-14(13)19(22)23/h3-4,10,16H,2,5-9H2,1H3. The normalized spacial score (nSPS) is 15.3. The monoisotopic (exact) mass is 321 g/mol. The van der Waals surface area contributed by atoms with Crippen molar-refractivity contribution in [2.24, 2.45) is 5.10 Å². The number of likely N-dealkylation sites (tertiary alicyclic amines) is 1. The Kier molecular flexibility index (Phi) is 5.58. The van der Waals surface area contributed by atoms with Crippen molar-refractivity contribution < 1.29 is 9.85 Å². The Hall–Kier alpha value is -2.55. The van der Waals surface area contributed by atoms with Crippen molar-refractivity contribution in [3.63, 3.8) is 0 Å². The third-order valence-corrected chi connectivity index (χ3v) is 3.70. The summed E-state index contributed by atoms with van der Waals surface area (Å²) in [5.74, 6) is 0. The molecule has 124 valence electrons. The lowest BCUT2D eigenvalue weighted by molar-refractivity contribution is -0.393. The van der Waals surface area contributed by atoms with Crippen LogP contribution in [0.5, 0.6) is 0 Å². The van der Waals surface area contributed by atoms with E-state index in [4.69, 9.17) is 0 Å². The van der Waals surface area contributed by atoms with Crippen molar-refractivity contribution >= 4 is 22.8 Å². The fraction of sp³-hybridized carbons (Fsp3) is 0.500. The second-order valence-corrected chi connectivity index (χ2v) is 5.35. The number of benzene rings is 1. The Morgan fingerprint density at radius 1 is 1.22 bits per heavy atom. The van der Waals surface area contributed by atoms with E-state index in [0.29, 0.717) is 0 Å². The minimum atomic E-state index is -0.661. The number of hydrogen-bond acceptors (Lipinski definition) is 7. The van der Waals surface area contributed by atoms with Crippen molar-refractivity contribution in [3.05, 3.63) is 38.4 Å². The Balaban J connectivity index is 2.07. The van der Waals surface area contributed by atoms with Crippen LogP contribution in [-0.4, -0.2) is 40.1 Å². The summed E-state index contributed by atoms with van der Waals surface area (Å²) in [7, 11) is 0. The van der Waals surface area contributed by atoms with E-state index in [-0.39, 0.29) is 17.1 Å². The van der Waals surface area contributed by atoms with Crippen LogP contribution in [0.2, 0.25) is 0 Å². The van der Waals surface area contributed by atoms with Crippen molar-refractivity contribution in [3.8, 4) is 0 Å². The number of hydrogen-bond donors (Lipinski definition) is 1. The lowest BCUT2D eigenvalue weighted by atomic mass is 10.1. The van der Waals surface area contributed by atoms with Gasteiger partial charge in [0.05, 0.1) is 15.9 Å². The lowest BCUT2D eigenvalue weighted by Crippen LogP contribution is -2.34. The minimum Gasteiger partial charge on any atom is -0.303 e. The first-order chi connectivity index (χ1) is 11.0. The number of nitrogens with zero attached hydrogens (tertiary/aromatic N) is 4. The smallest absolute Gasteiger partial charge is 0.301 e. The van der Waals surface area contributed by atoms with E-state index in [1.54, 1.807) is 0 Å². The van der Waals surface area contributed by atoms with Crippen LogP contribution in [-0.2, 0) is 0 Å². The molecule has 0 amide bonds. The highest BCUT2D eigenvalue weighted by Crippen LogP contribution is 2.29. The van der Waals surface area contributed by atoms with Gasteiger partial charge in [0, 0.05) is 37.7 Å². The number of nitro benzene ring substituents is 2. The summed E-state index contributed by atoms with van der Waals surface area (Å²) in [6, 6.07) is 3.47. The zero-order chi connectivity index (χ0) is 16.8. The molecule has 0 bridgehead atoms. The van der Waals surface area contributed by atoms with Crippen LogP contribution in [0.15, 0.2) is 23.3 Å². The zero-order valence-electron chi connectivity index (χ0n) is 12.9. The first-order valence-corrected chi connectivity index (χ1v) is 7.48. The van der Waals surface area contributed by atoms with Gasteiger partial charge in [-0.15, -0.1) is 0 Å². The molecule has 1 N–H and O–H groups in total. The Morgan fingerprint density at radius 2 is 1.91 bits per heavy atom. The molecule has 9 heteroatoms. The number of nitrogens with one attached hydrogen (secondary N) is 1. The minimum absolute atomic E-state index is 0.157. The summed E-state index contributed by atoms with van der Waals surface area (Å²) in [6.07, 6.45) is 2.74. The van der Waals surface area contributed by atoms with Gasteiger partial charge >= 0.3 is 5.69 Å². The molecule has 1 aliphatic rings. The Bertz CT molecular complexity index is 622. The maximum absolute atomic E-state index is 11.1. The van der Waals surface area contributed by atoms with Crippen molar-refractivity contribution in [1.82, 2.24) is 4.90 Å². The molecule has 0 aliphatic carbocycles. The Morgan fingerprint density at radius 3 is 2.48 bits per heavy atom. The number of piperidine rings is 1. The third-order valence-electron chi connectivity index (χ3n) is 3.70. The molecule has 1 aromatic rings. The summed E-state index contributed by atoms with van der Waals surface area (Å²) >= 11 is 0. The maximum atomic E-state index is 11.1. The SMILES string of the molecule is CCCN1CCC(=NNc2ccc([N+](=O)[O-])cc2[N+](=O)[O-])CC1. The largest absolute Gasteiger partial charge is 0.303 e. The topological polar surface area (TPSA) is 114 Å². The molecule has 1 heterocycles. The summed E-state index contributed by atoms with van der Waals surface area (Å²) in [4.78, 5) is 22.8. The number of rotatable bonds is 6. The van der Waals surface area contributed by atoms with E-state index >= 15 is 0 Å². The van der Waals surface area contributed by atoms with Gasteiger partial charge in [0.1, 0.15) is 5.69 Å². The van der Waals surface area contributed by atoms with Gasteiger partial charge in [-0.1, -0.05) is 6.92 Å². The van der Waals surface area contributed by atoms with Crippen LogP contribution >= 0.6 is 0 Å². The summed E-state index contributed by atoms with van der Waals surface area (Å²) in [5.41, 5.74) is 3.12. The van der Waals surface area contributed by atoms with E-state index < -0.39 is 9.85 Å². The highest BCUT2D eigenvalue weighted by atomic mass is 16.6. The average molecular weight is 321 g/mol. The zero-order valence-corrected chi connectivity index (χ0v) is 12.9. The maximum Gasteiger partial charge on any atom is 0.301 e. The van der Waals surface area contributed by atoms with Gasteiger partial charge in [0.2, 0.25) is 0 Å². The lowest BCUT2D eigenvalue weighted by Gasteiger charge is -2.26. The fourth-order valence-electron chi connectivity index (χ4n) is 2.48. The highest BCUT2D eigenvalue weighted by Gasteiger charge is 2.20. The van der Waals surface area contributed by atoms with E-state index in [1.807, 2.05) is 0 Å². The van der Waals surface area contributed by atoms with Crippen LogP contribution in [0.1, 0.15) is 26.2 Å². The number of non-ortho nitro benzene ring substituents is 1. The fourth-order valence-corrected chi connectivity index (χ4v) is 2.48. The highest BCUT2D eigenvalue weighted by molar-refractivity contribution is 5.86. The second kappa shape index (κ2) is 7.63. The molecular weight excluding hydrogens is 302 g/mol. The van der Waals surface area contributed by atoms with E-state index in [1.165, 1.54) is 12.1 Å². The first-order valence-electron chi connectivity index (χ1n) is 7.48. The number of hydrazone groups is 1. The predicted octanol–water partition coefficient (Wildman–Crippen LogP) is 2.78. The molecular formula is C14H19N5O4. The molecule has 1 aromatic carbocycles. The van der Waals surface area contributed by atoms with Gasteiger partial charge in [-0.25, -0.2) is 0 Å². The molecule has 0 spiro atoms. The molecule has 0 atom stereocenters. The molecule has 1 saturated heterocycles.